The summed E-state index contributed by atoms with van der Waals surface area (Å²) in [5, 5.41) is 21.2. The van der Waals surface area contributed by atoms with E-state index < -0.39 is 5.60 Å². The highest BCUT2D eigenvalue weighted by Crippen LogP contribution is 2.01. The second-order valence-corrected chi connectivity index (χ2v) is 3.64. The predicted molar refractivity (Wildman–Crippen MR) is 49.1 cm³/mol. The Morgan fingerprint density at radius 2 is 2.00 bits per heavy atom. The Bertz CT molecular complexity index is 116. The van der Waals surface area contributed by atoms with Crippen molar-refractivity contribution in [2.24, 2.45) is 0 Å². The van der Waals surface area contributed by atoms with Gasteiger partial charge in [-0.05, 0) is 21.0 Å². The first-order chi connectivity index (χ1) is 5.48. The maximum absolute atomic E-state index is 9.73. The van der Waals surface area contributed by atoms with Crippen molar-refractivity contribution < 1.29 is 10.2 Å². The van der Waals surface area contributed by atoms with Crippen molar-refractivity contribution in [1.82, 2.24) is 10.2 Å². The van der Waals surface area contributed by atoms with E-state index in [0.29, 0.717) is 19.6 Å². The van der Waals surface area contributed by atoms with E-state index in [4.69, 9.17) is 5.11 Å². The molecule has 0 aromatic carbocycles. The molecule has 1 atom stereocenters. The van der Waals surface area contributed by atoms with Crippen molar-refractivity contribution in [3.63, 3.8) is 0 Å². The normalized spacial score (nSPS) is 16.5. The largest absolute Gasteiger partial charge is 0.395 e. The molecule has 0 bridgehead atoms. The van der Waals surface area contributed by atoms with Crippen LogP contribution in [0.15, 0.2) is 0 Å². The number of aliphatic hydroxyl groups excluding tert-OH is 1. The molecule has 0 amide bonds. The molecule has 74 valence electrons. The monoisotopic (exact) mass is 176 g/mol. The molecule has 0 heterocycles. The third-order valence-corrected chi connectivity index (χ3v) is 1.45. The predicted octanol–water partition coefficient (Wildman–Crippen LogP) is -1.12. The lowest BCUT2D eigenvalue weighted by Crippen LogP contribution is -2.46. The summed E-state index contributed by atoms with van der Waals surface area (Å²) in [5.74, 6) is 0. The van der Waals surface area contributed by atoms with Crippen LogP contribution < -0.4 is 5.32 Å². The van der Waals surface area contributed by atoms with Crippen LogP contribution in [0.3, 0.4) is 0 Å². The van der Waals surface area contributed by atoms with Gasteiger partial charge in [-0.3, -0.25) is 0 Å². The molecule has 1 unspecified atom stereocenters. The summed E-state index contributed by atoms with van der Waals surface area (Å²) in [6.07, 6.45) is 0. The Morgan fingerprint density at radius 1 is 1.42 bits per heavy atom. The van der Waals surface area contributed by atoms with Gasteiger partial charge < -0.3 is 20.4 Å². The highest BCUT2D eigenvalue weighted by Gasteiger charge is 2.19. The minimum absolute atomic E-state index is 0.109. The van der Waals surface area contributed by atoms with Gasteiger partial charge in [-0.1, -0.05) is 0 Å². The molecule has 4 nitrogen and oxygen atoms in total. The third-order valence-electron chi connectivity index (χ3n) is 1.45. The van der Waals surface area contributed by atoms with E-state index in [0.717, 1.165) is 0 Å². The van der Waals surface area contributed by atoms with Crippen LogP contribution in [0.2, 0.25) is 0 Å². The summed E-state index contributed by atoms with van der Waals surface area (Å²) in [4.78, 5) is 1.93. The number of hydrogen-bond acceptors (Lipinski definition) is 4. The van der Waals surface area contributed by atoms with E-state index in [2.05, 4.69) is 5.32 Å². The molecule has 0 aliphatic rings. The van der Waals surface area contributed by atoms with Crippen LogP contribution in [0.1, 0.15) is 6.92 Å². The maximum Gasteiger partial charge on any atom is 0.0869 e. The number of hydrogen-bond donors (Lipinski definition) is 3. The van der Waals surface area contributed by atoms with Crippen LogP contribution in [0.25, 0.3) is 0 Å². The standard InChI is InChI=1S/C8H20N2O2/c1-8(12,7-10(2)3)6-9-4-5-11/h9,11-12H,4-7H2,1-3H3. The Kier molecular flexibility index (Phi) is 5.41. The van der Waals surface area contributed by atoms with E-state index in [1.807, 2.05) is 19.0 Å². The Labute approximate surface area is 74.2 Å². The molecule has 0 spiro atoms. The second kappa shape index (κ2) is 5.48. The number of rotatable bonds is 6. The van der Waals surface area contributed by atoms with Crippen LogP contribution >= 0.6 is 0 Å². The van der Waals surface area contributed by atoms with Crippen LogP contribution in [-0.4, -0.2) is 61.1 Å². The van der Waals surface area contributed by atoms with Crippen LogP contribution in [-0.2, 0) is 0 Å². The molecule has 0 saturated heterocycles. The molecule has 0 saturated carbocycles. The molecular formula is C8H20N2O2. The fraction of sp³-hybridized carbons (Fsp3) is 1.00. The van der Waals surface area contributed by atoms with Gasteiger partial charge in [0.2, 0.25) is 0 Å². The van der Waals surface area contributed by atoms with Crippen molar-refractivity contribution >= 4 is 0 Å². The van der Waals surface area contributed by atoms with Crippen LogP contribution in [0.5, 0.6) is 0 Å². The first kappa shape index (κ1) is 11.8. The average Bonchev–Trinajstić information content (AvgIpc) is 1.84. The average molecular weight is 176 g/mol. The van der Waals surface area contributed by atoms with Gasteiger partial charge in [0.05, 0.1) is 12.2 Å². The minimum Gasteiger partial charge on any atom is -0.395 e. The third kappa shape index (κ3) is 6.54. The van der Waals surface area contributed by atoms with Gasteiger partial charge in [0.1, 0.15) is 0 Å². The van der Waals surface area contributed by atoms with Gasteiger partial charge in [0, 0.05) is 19.6 Å². The van der Waals surface area contributed by atoms with Gasteiger partial charge in [-0.15, -0.1) is 0 Å². The molecule has 12 heavy (non-hydrogen) atoms. The number of nitrogens with one attached hydrogen (secondary N) is 1. The van der Waals surface area contributed by atoms with Crippen LogP contribution in [0.4, 0.5) is 0 Å². The lowest BCUT2D eigenvalue weighted by atomic mass is 10.1. The molecule has 0 fully saturated rings. The zero-order valence-electron chi connectivity index (χ0n) is 8.17. The molecule has 0 aliphatic heterocycles. The fourth-order valence-corrected chi connectivity index (χ4v) is 1.17. The van der Waals surface area contributed by atoms with Crippen LogP contribution in [0, 0.1) is 0 Å². The van der Waals surface area contributed by atoms with Gasteiger partial charge in [-0.25, -0.2) is 0 Å². The summed E-state index contributed by atoms with van der Waals surface area (Å²) in [7, 11) is 3.83. The van der Waals surface area contributed by atoms with E-state index >= 15 is 0 Å². The summed E-state index contributed by atoms with van der Waals surface area (Å²) in [6, 6.07) is 0. The SMILES string of the molecule is CN(C)CC(C)(O)CNCCO. The Morgan fingerprint density at radius 3 is 2.42 bits per heavy atom. The molecule has 3 N–H and O–H groups in total. The number of aliphatic hydroxyl groups is 2. The molecular weight excluding hydrogens is 156 g/mol. The Hall–Kier alpha value is -0.160. The van der Waals surface area contributed by atoms with E-state index in [1.165, 1.54) is 0 Å². The molecule has 0 rings (SSSR count). The number of likely N-dealkylation sites (N-methyl/N-ethyl adjacent to an activating group) is 1. The van der Waals surface area contributed by atoms with E-state index in [1.54, 1.807) is 6.92 Å². The molecule has 0 aliphatic carbocycles. The van der Waals surface area contributed by atoms with Gasteiger partial charge >= 0.3 is 0 Å². The lowest BCUT2D eigenvalue weighted by Gasteiger charge is -2.27. The van der Waals surface area contributed by atoms with Crippen molar-refractivity contribution in [3.05, 3.63) is 0 Å². The zero-order chi connectivity index (χ0) is 9.61. The quantitative estimate of drug-likeness (QED) is 0.449. The topological polar surface area (TPSA) is 55.7 Å². The lowest BCUT2D eigenvalue weighted by molar-refractivity contribution is 0.0332. The van der Waals surface area contributed by atoms with Gasteiger partial charge in [-0.2, -0.15) is 0 Å². The minimum atomic E-state index is -0.724. The number of nitrogens with zero attached hydrogens (tertiary/aromatic N) is 1. The molecule has 4 heteroatoms. The smallest absolute Gasteiger partial charge is 0.0869 e. The maximum atomic E-state index is 9.73. The summed E-state index contributed by atoms with van der Waals surface area (Å²) >= 11 is 0. The second-order valence-electron chi connectivity index (χ2n) is 3.64. The molecule has 0 aromatic heterocycles. The van der Waals surface area contributed by atoms with E-state index in [9.17, 15) is 5.11 Å². The van der Waals surface area contributed by atoms with Gasteiger partial charge in [0.15, 0.2) is 0 Å². The highest BCUT2D eigenvalue weighted by atomic mass is 16.3. The molecule has 0 aromatic rings. The highest BCUT2D eigenvalue weighted by molar-refractivity contribution is 4.77. The van der Waals surface area contributed by atoms with Crippen molar-refractivity contribution in [2.45, 2.75) is 12.5 Å². The molecule has 0 radical (unpaired) electrons. The van der Waals surface area contributed by atoms with Crippen molar-refractivity contribution in [1.29, 1.82) is 0 Å². The van der Waals surface area contributed by atoms with Gasteiger partial charge in [0.25, 0.3) is 0 Å². The Balaban J connectivity index is 3.56. The van der Waals surface area contributed by atoms with E-state index in [-0.39, 0.29) is 6.61 Å². The first-order valence-electron chi connectivity index (χ1n) is 4.16. The summed E-state index contributed by atoms with van der Waals surface area (Å²) in [5.41, 5.74) is -0.724. The summed E-state index contributed by atoms with van der Waals surface area (Å²) in [6.45, 7) is 3.54. The first-order valence-corrected chi connectivity index (χ1v) is 4.16. The van der Waals surface area contributed by atoms with Crippen molar-refractivity contribution in [2.75, 3.05) is 40.3 Å². The summed E-state index contributed by atoms with van der Waals surface area (Å²) < 4.78 is 0. The fourth-order valence-electron chi connectivity index (χ4n) is 1.17. The zero-order valence-corrected chi connectivity index (χ0v) is 8.17. The van der Waals surface area contributed by atoms with Crippen molar-refractivity contribution in [3.8, 4) is 0 Å².